The maximum atomic E-state index is 5.30. The minimum Gasteiger partial charge on any atom is -0.309 e. The summed E-state index contributed by atoms with van der Waals surface area (Å²) >= 11 is 0. The van der Waals surface area contributed by atoms with Crippen molar-refractivity contribution in [1.82, 2.24) is 19.5 Å². The van der Waals surface area contributed by atoms with E-state index in [1.165, 1.54) is 44.1 Å². The molecule has 0 fully saturated rings. The lowest BCUT2D eigenvalue weighted by molar-refractivity contribution is 0.660. The van der Waals surface area contributed by atoms with Gasteiger partial charge in [0.15, 0.2) is 11.6 Å². The second kappa shape index (κ2) is 13.6. The van der Waals surface area contributed by atoms with Crippen molar-refractivity contribution in [1.29, 1.82) is 0 Å². The van der Waals surface area contributed by atoms with Gasteiger partial charge in [-0.15, -0.1) is 0 Å². The van der Waals surface area contributed by atoms with Crippen molar-refractivity contribution in [3.05, 3.63) is 210 Å². The molecule has 0 bridgehead atoms. The number of hydrogen-bond donors (Lipinski definition) is 0. The van der Waals surface area contributed by atoms with Crippen LogP contribution in [0.15, 0.2) is 188 Å². The van der Waals surface area contributed by atoms with Gasteiger partial charge in [-0.3, -0.25) is 4.90 Å². The Kier molecular flexibility index (Phi) is 7.81. The second-order valence-electron chi connectivity index (χ2n) is 16.5. The summed E-state index contributed by atoms with van der Waals surface area (Å²) in [6.45, 7) is 4.67. The normalized spacial score (nSPS) is 13.4. The molecule has 1 aliphatic carbocycles. The smallest absolute Gasteiger partial charge is 0.238 e. The van der Waals surface area contributed by atoms with E-state index in [0.717, 1.165) is 50.4 Å². The van der Waals surface area contributed by atoms with Gasteiger partial charge in [0.25, 0.3) is 0 Å². The maximum absolute atomic E-state index is 5.30. The number of rotatable bonds is 5. The molecule has 61 heavy (non-hydrogen) atoms. The first-order chi connectivity index (χ1) is 30.0. The minimum atomic E-state index is -0.150. The predicted molar refractivity (Wildman–Crippen MR) is 252 cm³/mol. The van der Waals surface area contributed by atoms with E-state index in [4.69, 9.17) is 15.0 Å². The Labute approximate surface area is 354 Å². The number of nitrogens with zero attached hydrogens (tertiary/aromatic N) is 5. The van der Waals surface area contributed by atoms with Crippen molar-refractivity contribution in [2.75, 3.05) is 4.90 Å². The van der Waals surface area contributed by atoms with E-state index in [0.29, 0.717) is 17.6 Å². The van der Waals surface area contributed by atoms with Crippen LogP contribution in [0.4, 0.5) is 17.3 Å². The molecule has 3 heterocycles. The van der Waals surface area contributed by atoms with Crippen LogP contribution in [0.1, 0.15) is 36.1 Å². The van der Waals surface area contributed by atoms with Gasteiger partial charge in [-0.25, -0.2) is 4.98 Å². The summed E-state index contributed by atoms with van der Waals surface area (Å²) < 4.78 is 2.36. The standard InChI is InChI=1S/C56H39N5/c1-56(2)47-24-14-12-22-43(47)45-35-52-41(34-48(45)56)27-26-40-32-38(39-29-31-51-46(33-39)44-23-13-15-25-50(44)60(51)42-20-10-5-11-21-42)28-30-49(40)61(52)55-58-53(36-16-6-3-7-17-36)57-54(59-55)37-18-8-4-9-19-37/h3-35H,1-2H3. The fourth-order valence-corrected chi connectivity index (χ4v) is 9.58. The van der Waals surface area contributed by atoms with Gasteiger partial charge >= 0.3 is 0 Å². The van der Waals surface area contributed by atoms with Gasteiger partial charge < -0.3 is 4.57 Å². The minimum absolute atomic E-state index is 0.150. The highest BCUT2D eigenvalue weighted by Crippen LogP contribution is 2.53. The number of para-hydroxylation sites is 2. The van der Waals surface area contributed by atoms with E-state index >= 15 is 0 Å². The van der Waals surface area contributed by atoms with E-state index in [-0.39, 0.29) is 5.41 Å². The molecule has 12 rings (SSSR count). The molecule has 10 aromatic rings. The highest BCUT2D eigenvalue weighted by Gasteiger charge is 2.37. The van der Waals surface area contributed by atoms with E-state index in [1.54, 1.807) is 0 Å². The van der Waals surface area contributed by atoms with Crippen LogP contribution in [0.2, 0.25) is 0 Å². The summed E-state index contributed by atoms with van der Waals surface area (Å²) in [5, 5.41) is 2.45. The summed E-state index contributed by atoms with van der Waals surface area (Å²) in [6.07, 6.45) is 4.53. The molecule has 0 spiro atoms. The Balaban J connectivity index is 1.07. The molecular formula is C56H39N5. The van der Waals surface area contributed by atoms with Crippen molar-refractivity contribution < 1.29 is 0 Å². The summed E-state index contributed by atoms with van der Waals surface area (Å²) in [5.41, 5.74) is 16.9. The van der Waals surface area contributed by atoms with Crippen molar-refractivity contribution in [3.63, 3.8) is 0 Å². The summed E-state index contributed by atoms with van der Waals surface area (Å²) in [7, 11) is 0. The first-order valence-electron chi connectivity index (χ1n) is 20.9. The Morgan fingerprint density at radius 3 is 1.74 bits per heavy atom. The Morgan fingerprint density at radius 2 is 1.00 bits per heavy atom. The molecule has 2 aromatic heterocycles. The molecule has 0 N–H and O–H groups in total. The van der Waals surface area contributed by atoms with Gasteiger partial charge in [0.05, 0.1) is 22.4 Å². The number of aromatic nitrogens is 4. The Hall–Kier alpha value is -7.89. The van der Waals surface area contributed by atoms with Gasteiger partial charge in [-0.2, -0.15) is 9.97 Å². The van der Waals surface area contributed by atoms with Gasteiger partial charge in [0.1, 0.15) is 0 Å². The molecule has 2 aliphatic rings. The third-order valence-corrected chi connectivity index (χ3v) is 12.6. The second-order valence-corrected chi connectivity index (χ2v) is 16.5. The first kappa shape index (κ1) is 35.1. The fraction of sp³-hybridized carbons (Fsp3) is 0.0536. The molecular weight excluding hydrogens is 743 g/mol. The topological polar surface area (TPSA) is 46.8 Å². The van der Waals surface area contributed by atoms with E-state index < -0.39 is 0 Å². The SMILES string of the molecule is CC1(C)c2ccccc2-c2cc3c(cc21)C=Cc1cc(-c2ccc4c(c2)c2ccccc2n4-c2ccccc2)ccc1N3c1nc(-c2ccccc2)nc(-c2ccccc2)n1. The van der Waals surface area contributed by atoms with Crippen LogP contribution < -0.4 is 4.90 Å². The number of hydrogen-bond acceptors (Lipinski definition) is 4. The molecule has 0 saturated carbocycles. The predicted octanol–water partition coefficient (Wildman–Crippen LogP) is 14.2. The lowest BCUT2D eigenvalue weighted by atomic mass is 9.82. The molecule has 288 valence electrons. The number of anilines is 3. The van der Waals surface area contributed by atoms with Crippen LogP contribution in [0.5, 0.6) is 0 Å². The maximum Gasteiger partial charge on any atom is 0.238 e. The molecule has 1 aliphatic heterocycles. The summed E-state index contributed by atoms with van der Waals surface area (Å²) in [4.78, 5) is 17.9. The molecule has 0 amide bonds. The van der Waals surface area contributed by atoms with Gasteiger partial charge in [-0.1, -0.05) is 159 Å². The highest BCUT2D eigenvalue weighted by molar-refractivity contribution is 6.10. The average Bonchev–Trinajstić information content (AvgIpc) is 3.69. The third kappa shape index (κ3) is 5.58. The van der Waals surface area contributed by atoms with Crippen LogP contribution in [0.3, 0.4) is 0 Å². The third-order valence-electron chi connectivity index (χ3n) is 12.6. The molecule has 0 radical (unpaired) electrons. The first-order valence-corrected chi connectivity index (χ1v) is 20.9. The van der Waals surface area contributed by atoms with Crippen LogP contribution in [0, 0.1) is 0 Å². The zero-order valence-corrected chi connectivity index (χ0v) is 33.8. The Bertz CT molecular complexity index is 3330. The highest BCUT2D eigenvalue weighted by atomic mass is 15.3. The molecule has 5 nitrogen and oxygen atoms in total. The molecule has 5 heteroatoms. The zero-order valence-electron chi connectivity index (χ0n) is 33.8. The van der Waals surface area contributed by atoms with Crippen molar-refractivity contribution >= 4 is 51.3 Å². The van der Waals surface area contributed by atoms with Crippen molar-refractivity contribution in [3.8, 4) is 50.7 Å². The van der Waals surface area contributed by atoms with Gasteiger partial charge in [0, 0.05) is 33.0 Å². The quantitative estimate of drug-likeness (QED) is 0.174. The number of fused-ring (bicyclic) bond motifs is 8. The lowest BCUT2D eigenvalue weighted by Gasteiger charge is -2.28. The van der Waals surface area contributed by atoms with E-state index in [9.17, 15) is 0 Å². The molecule has 8 aromatic carbocycles. The molecule has 0 unspecified atom stereocenters. The fourth-order valence-electron chi connectivity index (χ4n) is 9.58. The van der Waals surface area contributed by atoms with E-state index in [2.05, 4.69) is 187 Å². The van der Waals surface area contributed by atoms with Gasteiger partial charge in [0.2, 0.25) is 5.95 Å². The van der Waals surface area contributed by atoms with Crippen LogP contribution >= 0.6 is 0 Å². The summed E-state index contributed by atoms with van der Waals surface area (Å²) in [5.74, 6) is 1.81. The van der Waals surface area contributed by atoms with Gasteiger partial charge in [-0.05, 0) is 99.1 Å². The lowest BCUT2D eigenvalue weighted by Crippen LogP contribution is -2.18. The average molecular weight is 782 g/mol. The molecule has 0 atom stereocenters. The zero-order chi connectivity index (χ0) is 40.7. The molecule has 0 saturated heterocycles. The van der Waals surface area contributed by atoms with Crippen LogP contribution in [-0.4, -0.2) is 19.5 Å². The number of benzene rings is 8. The van der Waals surface area contributed by atoms with Crippen molar-refractivity contribution in [2.45, 2.75) is 19.3 Å². The van der Waals surface area contributed by atoms with Crippen molar-refractivity contribution in [2.24, 2.45) is 0 Å². The summed E-state index contributed by atoms with van der Waals surface area (Å²) in [6, 6.07) is 66.9. The Morgan fingerprint density at radius 1 is 0.410 bits per heavy atom. The van der Waals surface area contributed by atoms with E-state index in [1.807, 2.05) is 36.4 Å². The largest absolute Gasteiger partial charge is 0.309 e. The van der Waals surface area contributed by atoms with Crippen LogP contribution in [0.25, 0.3) is 84.7 Å². The van der Waals surface area contributed by atoms with Crippen LogP contribution in [-0.2, 0) is 5.41 Å². The monoisotopic (exact) mass is 781 g/mol.